The number of nitrogens with zero attached hydrogens (tertiary/aromatic N) is 1. The highest BCUT2D eigenvalue weighted by Crippen LogP contribution is 2.24. The van der Waals surface area contributed by atoms with Crippen molar-refractivity contribution in [3.63, 3.8) is 0 Å². The second-order valence-electron chi connectivity index (χ2n) is 4.21. The van der Waals surface area contributed by atoms with Crippen LogP contribution in [-0.4, -0.2) is 16.1 Å². The number of pyridine rings is 1. The van der Waals surface area contributed by atoms with Crippen molar-refractivity contribution in [2.75, 3.05) is 5.32 Å². The van der Waals surface area contributed by atoms with Crippen LogP contribution in [-0.2, 0) is 0 Å². The second kappa shape index (κ2) is 5.06. The molecule has 5 heteroatoms. The fourth-order valence-corrected chi connectivity index (χ4v) is 1.89. The molecule has 0 aliphatic rings. The summed E-state index contributed by atoms with van der Waals surface area (Å²) in [5, 5.41) is 11.9. The van der Waals surface area contributed by atoms with Crippen LogP contribution in [0.1, 0.15) is 21.6 Å². The van der Waals surface area contributed by atoms with Gasteiger partial charge in [-0.25, -0.2) is 14.2 Å². The summed E-state index contributed by atoms with van der Waals surface area (Å²) in [4.78, 5) is 15.4. The molecule has 0 atom stereocenters. The van der Waals surface area contributed by atoms with E-state index in [4.69, 9.17) is 0 Å². The number of carboxylic acid groups (broad SMARTS) is 1. The number of carbonyl (C=O) groups is 1. The van der Waals surface area contributed by atoms with Gasteiger partial charge in [0.1, 0.15) is 17.2 Å². The second-order valence-corrected chi connectivity index (χ2v) is 4.21. The molecule has 1 aromatic carbocycles. The Labute approximate surface area is 109 Å². The monoisotopic (exact) mass is 260 g/mol. The molecule has 0 fully saturated rings. The van der Waals surface area contributed by atoms with E-state index in [9.17, 15) is 14.3 Å². The molecule has 4 nitrogen and oxygen atoms in total. The number of halogens is 1. The Balaban J connectivity index is 2.51. The van der Waals surface area contributed by atoms with Crippen molar-refractivity contribution in [1.29, 1.82) is 0 Å². The highest BCUT2D eigenvalue weighted by molar-refractivity contribution is 5.95. The van der Waals surface area contributed by atoms with Crippen LogP contribution in [0.3, 0.4) is 0 Å². The number of carboxylic acids is 1. The number of aromatic carboxylic acids is 1. The molecule has 2 N–H and O–H groups in total. The van der Waals surface area contributed by atoms with Crippen molar-refractivity contribution in [3.05, 3.63) is 53.0 Å². The van der Waals surface area contributed by atoms with Gasteiger partial charge in [-0.1, -0.05) is 12.1 Å². The number of aryl methyl sites for hydroxylation is 2. The molecule has 0 bridgehead atoms. The largest absolute Gasteiger partial charge is 0.478 e. The third-order valence-corrected chi connectivity index (χ3v) is 2.69. The lowest BCUT2D eigenvalue weighted by atomic mass is 10.1. The van der Waals surface area contributed by atoms with E-state index < -0.39 is 11.8 Å². The molecule has 0 aliphatic carbocycles. The normalized spacial score (nSPS) is 10.3. The highest BCUT2D eigenvalue weighted by Gasteiger charge is 2.16. The van der Waals surface area contributed by atoms with Gasteiger partial charge >= 0.3 is 5.97 Å². The molecule has 0 unspecified atom stereocenters. The molecule has 19 heavy (non-hydrogen) atoms. The van der Waals surface area contributed by atoms with E-state index in [0.29, 0.717) is 11.3 Å². The van der Waals surface area contributed by atoms with Crippen molar-refractivity contribution in [2.24, 2.45) is 0 Å². The molecule has 98 valence electrons. The van der Waals surface area contributed by atoms with Crippen molar-refractivity contribution < 1.29 is 14.3 Å². The SMILES string of the molecule is Cc1cc(C)c(C(=O)O)c(Nc2ccccc2F)n1. The first-order valence-corrected chi connectivity index (χ1v) is 5.72. The van der Waals surface area contributed by atoms with Gasteiger partial charge in [-0.05, 0) is 37.6 Å². The van der Waals surface area contributed by atoms with Gasteiger partial charge in [0.15, 0.2) is 0 Å². The van der Waals surface area contributed by atoms with Crippen LogP contribution in [0.25, 0.3) is 0 Å². The summed E-state index contributed by atoms with van der Waals surface area (Å²) < 4.78 is 13.6. The summed E-state index contributed by atoms with van der Waals surface area (Å²) in [6, 6.07) is 7.73. The van der Waals surface area contributed by atoms with Gasteiger partial charge in [0.05, 0.1) is 5.69 Å². The molecule has 1 aromatic heterocycles. The molecule has 0 saturated heterocycles. The average Bonchev–Trinajstić information content (AvgIpc) is 2.30. The van der Waals surface area contributed by atoms with E-state index in [1.807, 2.05) is 0 Å². The number of nitrogens with one attached hydrogen (secondary N) is 1. The molecular formula is C14H13FN2O2. The molecule has 1 heterocycles. The lowest BCUT2D eigenvalue weighted by molar-refractivity contribution is 0.0697. The van der Waals surface area contributed by atoms with Crippen LogP contribution >= 0.6 is 0 Å². The maximum absolute atomic E-state index is 13.6. The Morgan fingerprint density at radius 3 is 2.63 bits per heavy atom. The van der Waals surface area contributed by atoms with E-state index >= 15 is 0 Å². The summed E-state index contributed by atoms with van der Waals surface area (Å²) in [6.45, 7) is 3.44. The quantitative estimate of drug-likeness (QED) is 0.889. The van der Waals surface area contributed by atoms with Gasteiger partial charge in [-0.3, -0.25) is 0 Å². The Morgan fingerprint density at radius 2 is 2.00 bits per heavy atom. The minimum Gasteiger partial charge on any atom is -0.478 e. The fraction of sp³-hybridized carbons (Fsp3) is 0.143. The van der Waals surface area contributed by atoms with Gasteiger partial charge in [0.25, 0.3) is 0 Å². The van der Waals surface area contributed by atoms with E-state index in [-0.39, 0.29) is 17.1 Å². The number of hydrogen-bond acceptors (Lipinski definition) is 3. The minimum atomic E-state index is -1.09. The molecule has 2 aromatic rings. The molecule has 0 radical (unpaired) electrons. The van der Waals surface area contributed by atoms with Crippen LogP contribution in [0, 0.1) is 19.7 Å². The van der Waals surface area contributed by atoms with Gasteiger partial charge in [-0.2, -0.15) is 0 Å². The number of anilines is 2. The Morgan fingerprint density at radius 1 is 1.32 bits per heavy atom. The Hall–Kier alpha value is -2.43. The topological polar surface area (TPSA) is 62.2 Å². The van der Waals surface area contributed by atoms with Gasteiger partial charge in [0, 0.05) is 5.69 Å². The van der Waals surface area contributed by atoms with Crippen molar-refractivity contribution in [3.8, 4) is 0 Å². The summed E-state index contributed by atoms with van der Waals surface area (Å²) in [6.07, 6.45) is 0. The zero-order chi connectivity index (χ0) is 14.0. The summed E-state index contributed by atoms with van der Waals surface area (Å²) >= 11 is 0. The maximum atomic E-state index is 13.6. The maximum Gasteiger partial charge on any atom is 0.339 e. The molecule has 0 saturated carbocycles. The van der Waals surface area contributed by atoms with Crippen LogP contribution in [0.15, 0.2) is 30.3 Å². The summed E-state index contributed by atoms with van der Waals surface area (Å²) in [5.41, 5.74) is 1.50. The van der Waals surface area contributed by atoms with Crippen molar-refractivity contribution in [2.45, 2.75) is 13.8 Å². The standard InChI is InChI=1S/C14H13FN2O2/c1-8-7-9(2)16-13(12(8)14(18)19)17-11-6-4-3-5-10(11)15/h3-7H,1-2H3,(H,16,17)(H,18,19). The van der Waals surface area contributed by atoms with Crippen LogP contribution in [0.4, 0.5) is 15.9 Å². The van der Waals surface area contributed by atoms with Gasteiger partial charge in [-0.15, -0.1) is 0 Å². The van der Waals surface area contributed by atoms with Crippen LogP contribution in [0.2, 0.25) is 0 Å². The third kappa shape index (κ3) is 2.70. The Bertz CT molecular complexity index is 641. The lowest BCUT2D eigenvalue weighted by Gasteiger charge is -2.12. The van der Waals surface area contributed by atoms with Crippen LogP contribution < -0.4 is 5.32 Å². The van der Waals surface area contributed by atoms with E-state index in [0.717, 1.165) is 0 Å². The first-order chi connectivity index (χ1) is 8.99. The van der Waals surface area contributed by atoms with Crippen molar-refractivity contribution in [1.82, 2.24) is 4.98 Å². The highest BCUT2D eigenvalue weighted by atomic mass is 19.1. The first-order valence-electron chi connectivity index (χ1n) is 5.72. The number of benzene rings is 1. The zero-order valence-electron chi connectivity index (χ0n) is 10.6. The smallest absolute Gasteiger partial charge is 0.339 e. The molecular weight excluding hydrogens is 247 g/mol. The number of rotatable bonds is 3. The predicted molar refractivity (Wildman–Crippen MR) is 70.4 cm³/mol. The molecule has 0 amide bonds. The van der Waals surface area contributed by atoms with E-state index in [2.05, 4.69) is 10.3 Å². The molecule has 0 spiro atoms. The average molecular weight is 260 g/mol. The van der Waals surface area contributed by atoms with Gasteiger partial charge < -0.3 is 10.4 Å². The van der Waals surface area contributed by atoms with Crippen molar-refractivity contribution >= 4 is 17.5 Å². The predicted octanol–water partition coefficient (Wildman–Crippen LogP) is 3.28. The Kier molecular flexibility index (Phi) is 3.46. The summed E-state index contributed by atoms with van der Waals surface area (Å²) in [5.74, 6) is -1.40. The number of aromatic nitrogens is 1. The minimum absolute atomic E-state index is 0.0499. The third-order valence-electron chi connectivity index (χ3n) is 2.69. The van der Waals surface area contributed by atoms with E-state index in [1.54, 1.807) is 32.0 Å². The van der Waals surface area contributed by atoms with Crippen LogP contribution in [0.5, 0.6) is 0 Å². The molecule has 2 rings (SSSR count). The first kappa shape index (κ1) is 13.0. The number of para-hydroxylation sites is 1. The number of hydrogen-bond donors (Lipinski definition) is 2. The lowest BCUT2D eigenvalue weighted by Crippen LogP contribution is -2.09. The molecule has 0 aliphatic heterocycles. The fourth-order valence-electron chi connectivity index (χ4n) is 1.89. The summed E-state index contributed by atoms with van der Waals surface area (Å²) in [7, 11) is 0. The zero-order valence-corrected chi connectivity index (χ0v) is 10.6. The van der Waals surface area contributed by atoms with E-state index in [1.165, 1.54) is 12.1 Å². The van der Waals surface area contributed by atoms with Gasteiger partial charge in [0.2, 0.25) is 0 Å².